The maximum absolute atomic E-state index is 8.01. The molecule has 1 aromatic carbocycles. The minimum atomic E-state index is 0.188. The van der Waals surface area contributed by atoms with Gasteiger partial charge in [-0.05, 0) is 18.2 Å². The number of para-hydroxylation sites is 1. The summed E-state index contributed by atoms with van der Waals surface area (Å²) in [5, 5.41) is 16.6. The van der Waals surface area contributed by atoms with Gasteiger partial charge in [-0.2, -0.15) is 0 Å². The van der Waals surface area contributed by atoms with Crippen LogP contribution in [0.2, 0.25) is 0 Å². The topological polar surface area (TPSA) is 82.9 Å². The second-order valence-corrected chi connectivity index (χ2v) is 5.80. The summed E-state index contributed by atoms with van der Waals surface area (Å²) in [6.07, 6.45) is 3.50. The maximum Gasteiger partial charge on any atom is 0.195 e. The van der Waals surface area contributed by atoms with Crippen molar-refractivity contribution in [2.75, 3.05) is 12.4 Å². The number of pyridine rings is 1. The fraction of sp³-hybridized carbons (Fsp3) is 0.118. The number of thiazole rings is 1. The SMILES string of the molecule is COc1ccccc1CNC(=N)Nc1nc(-c2cccnc2)cs1. The highest BCUT2D eigenvalue weighted by molar-refractivity contribution is 7.14. The molecule has 0 saturated carbocycles. The van der Waals surface area contributed by atoms with E-state index in [1.165, 1.54) is 11.3 Å². The summed E-state index contributed by atoms with van der Waals surface area (Å²) in [6, 6.07) is 11.5. The van der Waals surface area contributed by atoms with Crippen LogP contribution in [-0.2, 0) is 6.54 Å². The monoisotopic (exact) mass is 339 g/mol. The van der Waals surface area contributed by atoms with Crippen LogP contribution in [0, 0.1) is 5.41 Å². The molecular weight excluding hydrogens is 322 g/mol. The predicted molar refractivity (Wildman–Crippen MR) is 96.5 cm³/mol. The Kier molecular flexibility index (Phi) is 5.02. The van der Waals surface area contributed by atoms with Crippen molar-refractivity contribution < 1.29 is 4.74 Å². The number of anilines is 1. The van der Waals surface area contributed by atoms with Gasteiger partial charge in [-0.3, -0.25) is 10.4 Å². The van der Waals surface area contributed by atoms with E-state index >= 15 is 0 Å². The molecule has 2 aromatic heterocycles. The second-order valence-electron chi connectivity index (χ2n) is 4.94. The third kappa shape index (κ3) is 3.88. The van der Waals surface area contributed by atoms with Gasteiger partial charge in [0.15, 0.2) is 11.1 Å². The first kappa shape index (κ1) is 15.9. The van der Waals surface area contributed by atoms with Crippen LogP contribution in [-0.4, -0.2) is 23.0 Å². The number of nitrogens with one attached hydrogen (secondary N) is 3. The third-order valence-corrected chi connectivity index (χ3v) is 4.10. The largest absolute Gasteiger partial charge is 0.496 e. The van der Waals surface area contributed by atoms with Crippen LogP contribution in [0.5, 0.6) is 5.75 Å². The van der Waals surface area contributed by atoms with Gasteiger partial charge < -0.3 is 15.4 Å². The van der Waals surface area contributed by atoms with Gasteiger partial charge in [0.25, 0.3) is 0 Å². The van der Waals surface area contributed by atoms with Crippen LogP contribution < -0.4 is 15.4 Å². The van der Waals surface area contributed by atoms with Crippen LogP contribution >= 0.6 is 11.3 Å². The van der Waals surface area contributed by atoms with Gasteiger partial charge in [-0.15, -0.1) is 11.3 Å². The number of hydrogen-bond donors (Lipinski definition) is 3. The molecule has 0 aliphatic rings. The van der Waals surface area contributed by atoms with Crippen LogP contribution in [0.4, 0.5) is 5.13 Å². The molecule has 6 nitrogen and oxygen atoms in total. The number of rotatable bonds is 5. The zero-order valence-corrected chi connectivity index (χ0v) is 13.9. The maximum atomic E-state index is 8.01. The first-order valence-electron chi connectivity index (χ1n) is 7.33. The summed E-state index contributed by atoms with van der Waals surface area (Å²) in [7, 11) is 1.64. The van der Waals surface area contributed by atoms with E-state index in [4.69, 9.17) is 10.1 Å². The zero-order chi connectivity index (χ0) is 16.8. The van der Waals surface area contributed by atoms with Crippen molar-refractivity contribution in [3.63, 3.8) is 0 Å². The van der Waals surface area contributed by atoms with Crippen LogP contribution in [0.1, 0.15) is 5.56 Å². The molecule has 24 heavy (non-hydrogen) atoms. The lowest BCUT2D eigenvalue weighted by Gasteiger charge is -2.11. The fourth-order valence-corrected chi connectivity index (χ4v) is 2.89. The number of aromatic nitrogens is 2. The predicted octanol–water partition coefficient (Wildman–Crippen LogP) is 3.35. The molecule has 7 heteroatoms. The highest BCUT2D eigenvalue weighted by Gasteiger charge is 2.07. The summed E-state index contributed by atoms with van der Waals surface area (Å²) in [5.41, 5.74) is 2.78. The van der Waals surface area contributed by atoms with Crippen LogP contribution in [0.15, 0.2) is 54.2 Å². The van der Waals surface area contributed by atoms with E-state index in [1.807, 2.05) is 41.8 Å². The standard InChI is InChI=1S/C17H17N5OS/c1-23-15-7-3-2-5-13(15)10-20-16(18)22-17-21-14(11-24-17)12-6-4-8-19-9-12/h2-9,11H,10H2,1H3,(H3,18,20,21,22). The Hall–Kier alpha value is -2.93. The Bertz CT molecular complexity index is 819. The highest BCUT2D eigenvalue weighted by atomic mass is 32.1. The number of hydrogen-bond acceptors (Lipinski definition) is 5. The quantitative estimate of drug-likeness (QED) is 0.490. The van der Waals surface area contributed by atoms with Crippen LogP contribution in [0.3, 0.4) is 0 Å². The highest BCUT2D eigenvalue weighted by Crippen LogP contribution is 2.24. The number of guanidine groups is 1. The first-order chi connectivity index (χ1) is 11.8. The summed E-state index contributed by atoms with van der Waals surface area (Å²) < 4.78 is 5.30. The Morgan fingerprint density at radius 3 is 2.92 bits per heavy atom. The van der Waals surface area contributed by atoms with E-state index in [2.05, 4.69) is 20.6 Å². The van der Waals surface area contributed by atoms with E-state index in [0.717, 1.165) is 22.6 Å². The number of benzene rings is 1. The molecular formula is C17H17N5OS. The van der Waals surface area contributed by atoms with Crippen molar-refractivity contribution in [3.8, 4) is 17.0 Å². The smallest absolute Gasteiger partial charge is 0.195 e. The lowest BCUT2D eigenvalue weighted by Crippen LogP contribution is -2.29. The Labute approximate surface area is 144 Å². The fourth-order valence-electron chi connectivity index (χ4n) is 2.16. The number of methoxy groups -OCH3 is 1. The van der Waals surface area contributed by atoms with Gasteiger partial charge in [0.05, 0.1) is 12.8 Å². The normalized spacial score (nSPS) is 10.2. The van der Waals surface area contributed by atoms with Crippen molar-refractivity contribution in [1.29, 1.82) is 5.41 Å². The second kappa shape index (κ2) is 7.56. The van der Waals surface area contributed by atoms with Crippen molar-refractivity contribution in [3.05, 3.63) is 59.7 Å². The van der Waals surface area contributed by atoms with Gasteiger partial charge in [0.1, 0.15) is 5.75 Å². The summed E-state index contributed by atoms with van der Waals surface area (Å²) in [5.74, 6) is 0.985. The van der Waals surface area contributed by atoms with Crippen molar-refractivity contribution in [2.24, 2.45) is 0 Å². The van der Waals surface area contributed by atoms with Gasteiger partial charge >= 0.3 is 0 Å². The molecule has 3 N–H and O–H groups in total. The summed E-state index contributed by atoms with van der Waals surface area (Å²) in [4.78, 5) is 8.56. The molecule has 0 saturated heterocycles. The molecule has 0 atom stereocenters. The molecule has 3 aromatic rings. The third-order valence-electron chi connectivity index (χ3n) is 3.34. The molecule has 0 aliphatic carbocycles. The van der Waals surface area contributed by atoms with E-state index in [9.17, 15) is 0 Å². The minimum Gasteiger partial charge on any atom is -0.496 e. The van der Waals surface area contributed by atoms with E-state index < -0.39 is 0 Å². The molecule has 122 valence electrons. The number of nitrogens with zero attached hydrogens (tertiary/aromatic N) is 2. The van der Waals surface area contributed by atoms with Gasteiger partial charge in [0.2, 0.25) is 0 Å². The average molecular weight is 339 g/mol. The van der Waals surface area contributed by atoms with E-state index in [-0.39, 0.29) is 5.96 Å². The molecule has 0 spiro atoms. The van der Waals surface area contributed by atoms with Gasteiger partial charge in [0, 0.05) is 35.4 Å². The Morgan fingerprint density at radius 2 is 2.12 bits per heavy atom. The zero-order valence-electron chi connectivity index (χ0n) is 13.1. The molecule has 0 fully saturated rings. The van der Waals surface area contributed by atoms with Gasteiger partial charge in [-0.1, -0.05) is 18.2 Å². The molecule has 0 aliphatic heterocycles. The first-order valence-corrected chi connectivity index (χ1v) is 8.21. The molecule has 0 amide bonds. The van der Waals surface area contributed by atoms with Crippen molar-refractivity contribution in [2.45, 2.75) is 6.54 Å². The number of ether oxygens (including phenoxy) is 1. The van der Waals surface area contributed by atoms with E-state index in [0.29, 0.717) is 11.7 Å². The molecule has 0 bridgehead atoms. The van der Waals surface area contributed by atoms with Crippen LogP contribution in [0.25, 0.3) is 11.3 Å². The molecule has 2 heterocycles. The van der Waals surface area contributed by atoms with E-state index in [1.54, 1.807) is 19.5 Å². The van der Waals surface area contributed by atoms with Gasteiger partial charge in [-0.25, -0.2) is 4.98 Å². The molecule has 3 rings (SSSR count). The summed E-state index contributed by atoms with van der Waals surface area (Å²) >= 11 is 1.45. The van der Waals surface area contributed by atoms with Crippen molar-refractivity contribution in [1.82, 2.24) is 15.3 Å². The Morgan fingerprint density at radius 1 is 1.25 bits per heavy atom. The van der Waals surface area contributed by atoms with Crippen molar-refractivity contribution >= 4 is 22.4 Å². The lowest BCUT2D eigenvalue weighted by molar-refractivity contribution is 0.409. The molecule has 0 unspecified atom stereocenters. The average Bonchev–Trinajstić information content (AvgIpc) is 3.09. The molecule has 0 radical (unpaired) electrons. The lowest BCUT2D eigenvalue weighted by atomic mass is 10.2. The minimum absolute atomic E-state index is 0.188. The summed E-state index contributed by atoms with van der Waals surface area (Å²) in [6.45, 7) is 0.497. The Balaban J connectivity index is 1.58.